The Hall–Kier alpha value is -3.11. The number of carbonyl (C=O) groups is 1. The van der Waals surface area contributed by atoms with Gasteiger partial charge in [0.25, 0.3) is 5.91 Å². The minimum absolute atomic E-state index is 0.0633. The fraction of sp³-hybridized carbons (Fsp3) is 0.115. The van der Waals surface area contributed by atoms with Crippen LogP contribution in [-0.2, 0) is 4.79 Å². The van der Waals surface area contributed by atoms with Crippen molar-refractivity contribution < 1.29 is 9.53 Å². The maximum Gasteiger partial charge on any atom is 0.258 e. The van der Waals surface area contributed by atoms with Crippen LogP contribution in [0.5, 0.6) is 5.75 Å². The van der Waals surface area contributed by atoms with Gasteiger partial charge in [-0.15, -0.1) is 0 Å². The van der Waals surface area contributed by atoms with Gasteiger partial charge in [-0.05, 0) is 56.4 Å². The molecule has 0 aliphatic carbocycles. The van der Waals surface area contributed by atoms with E-state index in [1.165, 1.54) is 0 Å². The van der Waals surface area contributed by atoms with Gasteiger partial charge in [0.05, 0.1) is 10.5 Å². The van der Waals surface area contributed by atoms with Crippen LogP contribution in [0, 0.1) is 6.92 Å². The average molecular weight is 460 g/mol. The number of rotatable bonds is 6. The second-order valence-corrected chi connectivity index (χ2v) is 7.95. The van der Waals surface area contributed by atoms with Gasteiger partial charge >= 0.3 is 0 Å². The van der Waals surface area contributed by atoms with Crippen LogP contribution in [0.3, 0.4) is 0 Å². The lowest BCUT2D eigenvalue weighted by Crippen LogP contribution is -2.33. The van der Waals surface area contributed by atoms with E-state index in [1.54, 1.807) is 0 Å². The molecule has 1 N–H and O–H groups in total. The highest BCUT2D eigenvalue weighted by atomic mass is 79.9. The Kier molecular flexibility index (Phi) is 6.15. The van der Waals surface area contributed by atoms with Gasteiger partial charge in [0.1, 0.15) is 5.75 Å². The molecular weight excluding hydrogens is 438 g/mol. The number of amides is 1. The van der Waals surface area contributed by atoms with Gasteiger partial charge in [0.15, 0.2) is 6.61 Å². The molecule has 0 heterocycles. The molecule has 0 aliphatic heterocycles. The molecular formula is C26H22BrNO2. The maximum atomic E-state index is 12.8. The van der Waals surface area contributed by atoms with E-state index in [0.717, 1.165) is 31.9 Å². The summed E-state index contributed by atoms with van der Waals surface area (Å²) in [6, 6.07) is 29.8. The molecule has 0 saturated heterocycles. The number of fused-ring (bicyclic) bond motifs is 1. The highest BCUT2D eigenvalue weighted by Gasteiger charge is 2.19. The lowest BCUT2D eigenvalue weighted by molar-refractivity contribution is -0.123. The molecule has 0 spiro atoms. The largest absolute Gasteiger partial charge is 0.483 e. The van der Waals surface area contributed by atoms with E-state index < -0.39 is 0 Å². The SMILES string of the molecule is Cc1ccccc1C(NC(=O)COc1ccc2ccccc2c1Br)c1ccccc1. The molecule has 4 aromatic rings. The van der Waals surface area contributed by atoms with E-state index in [0.29, 0.717) is 5.75 Å². The summed E-state index contributed by atoms with van der Waals surface area (Å²) >= 11 is 3.61. The summed E-state index contributed by atoms with van der Waals surface area (Å²) in [6.07, 6.45) is 0. The molecule has 0 aliphatic rings. The van der Waals surface area contributed by atoms with E-state index in [2.05, 4.69) is 34.2 Å². The van der Waals surface area contributed by atoms with Gasteiger partial charge in [-0.25, -0.2) is 0 Å². The highest BCUT2D eigenvalue weighted by Crippen LogP contribution is 2.33. The van der Waals surface area contributed by atoms with E-state index >= 15 is 0 Å². The van der Waals surface area contributed by atoms with Crippen molar-refractivity contribution in [1.29, 1.82) is 0 Å². The lowest BCUT2D eigenvalue weighted by Gasteiger charge is -2.22. The van der Waals surface area contributed by atoms with Gasteiger partial charge in [-0.3, -0.25) is 4.79 Å². The van der Waals surface area contributed by atoms with Gasteiger partial charge < -0.3 is 10.1 Å². The van der Waals surface area contributed by atoms with Crippen LogP contribution >= 0.6 is 15.9 Å². The molecule has 0 bridgehead atoms. The molecule has 4 heteroatoms. The first-order valence-electron chi connectivity index (χ1n) is 9.83. The predicted molar refractivity (Wildman–Crippen MR) is 125 cm³/mol. The molecule has 4 rings (SSSR count). The summed E-state index contributed by atoms with van der Waals surface area (Å²) in [5.41, 5.74) is 3.24. The van der Waals surface area contributed by atoms with E-state index in [1.807, 2.05) is 84.9 Å². The normalized spacial score (nSPS) is 11.8. The fourth-order valence-corrected chi connectivity index (χ4v) is 4.18. The minimum atomic E-state index is -0.233. The zero-order valence-corrected chi connectivity index (χ0v) is 18.2. The molecule has 4 aromatic carbocycles. The maximum absolute atomic E-state index is 12.8. The Morgan fingerprint density at radius 3 is 2.40 bits per heavy atom. The Morgan fingerprint density at radius 1 is 0.900 bits per heavy atom. The molecule has 30 heavy (non-hydrogen) atoms. The third kappa shape index (κ3) is 4.39. The van der Waals surface area contributed by atoms with Crippen molar-refractivity contribution in [2.24, 2.45) is 0 Å². The summed E-state index contributed by atoms with van der Waals surface area (Å²) in [7, 11) is 0. The molecule has 1 atom stereocenters. The number of aryl methyl sites for hydroxylation is 1. The molecule has 0 saturated carbocycles. The zero-order chi connectivity index (χ0) is 20.9. The first kappa shape index (κ1) is 20.2. The number of benzene rings is 4. The molecule has 0 fully saturated rings. The number of halogens is 1. The van der Waals surface area contributed by atoms with Crippen LogP contribution in [0.4, 0.5) is 0 Å². The van der Waals surface area contributed by atoms with Crippen molar-refractivity contribution in [3.05, 3.63) is 112 Å². The standard InChI is InChI=1S/C26H22BrNO2/c1-18-9-5-7-13-21(18)26(20-11-3-2-4-12-20)28-24(29)17-30-23-16-15-19-10-6-8-14-22(19)25(23)27/h2-16,26H,17H2,1H3,(H,28,29). The number of carbonyl (C=O) groups excluding carboxylic acids is 1. The number of hydrogen-bond donors (Lipinski definition) is 1. The molecule has 150 valence electrons. The zero-order valence-electron chi connectivity index (χ0n) is 16.6. The van der Waals surface area contributed by atoms with Crippen LogP contribution in [0.1, 0.15) is 22.7 Å². The monoisotopic (exact) mass is 459 g/mol. The summed E-state index contributed by atoms with van der Waals surface area (Å²) in [5, 5.41) is 5.31. The second kappa shape index (κ2) is 9.14. The van der Waals surface area contributed by atoms with Crippen molar-refractivity contribution in [1.82, 2.24) is 5.32 Å². The first-order valence-corrected chi connectivity index (χ1v) is 10.6. The van der Waals surface area contributed by atoms with Crippen LogP contribution < -0.4 is 10.1 Å². The van der Waals surface area contributed by atoms with Crippen LogP contribution in [0.15, 0.2) is 95.5 Å². The van der Waals surface area contributed by atoms with Crippen molar-refractivity contribution in [3.8, 4) is 5.75 Å². The van der Waals surface area contributed by atoms with Gasteiger partial charge in [-0.1, -0.05) is 84.9 Å². The minimum Gasteiger partial charge on any atom is -0.483 e. The van der Waals surface area contributed by atoms with Crippen LogP contribution in [0.2, 0.25) is 0 Å². The molecule has 0 aromatic heterocycles. The Balaban J connectivity index is 1.52. The topological polar surface area (TPSA) is 38.3 Å². The Bertz CT molecular complexity index is 1170. The molecule has 0 radical (unpaired) electrons. The highest BCUT2D eigenvalue weighted by molar-refractivity contribution is 9.10. The van der Waals surface area contributed by atoms with Crippen LogP contribution in [-0.4, -0.2) is 12.5 Å². The van der Waals surface area contributed by atoms with Gasteiger partial charge in [0, 0.05) is 0 Å². The molecule has 1 amide bonds. The first-order chi connectivity index (χ1) is 14.6. The Labute approximate surface area is 184 Å². The summed E-state index contributed by atoms with van der Waals surface area (Å²) in [4.78, 5) is 12.8. The van der Waals surface area contributed by atoms with Crippen molar-refractivity contribution >= 4 is 32.6 Å². The van der Waals surface area contributed by atoms with Gasteiger partial charge in [-0.2, -0.15) is 0 Å². The van der Waals surface area contributed by atoms with Crippen molar-refractivity contribution in [3.63, 3.8) is 0 Å². The number of ether oxygens (including phenoxy) is 1. The summed E-state index contributed by atoms with van der Waals surface area (Å²) in [5.74, 6) is 0.475. The van der Waals surface area contributed by atoms with Crippen LogP contribution in [0.25, 0.3) is 10.8 Å². The third-order valence-corrected chi connectivity index (χ3v) is 5.94. The molecule has 3 nitrogen and oxygen atoms in total. The Morgan fingerprint density at radius 2 is 1.60 bits per heavy atom. The van der Waals surface area contributed by atoms with Gasteiger partial charge in [0.2, 0.25) is 0 Å². The van der Waals surface area contributed by atoms with Crippen molar-refractivity contribution in [2.75, 3.05) is 6.61 Å². The molecule has 1 unspecified atom stereocenters. The lowest BCUT2D eigenvalue weighted by atomic mass is 9.95. The van der Waals surface area contributed by atoms with E-state index in [-0.39, 0.29) is 18.6 Å². The predicted octanol–water partition coefficient (Wildman–Crippen LogP) is 6.20. The summed E-state index contributed by atoms with van der Waals surface area (Å²) < 4.78 is 6.70. The smallest absolute Gasteiger partial charge is 0.258 e. The number of nitrogens with one attached hydrogen (secondary N) is 1. The number of hydrogen-bond acceptors (Lipinski definition) is 2. The third-order valence-electron chi connectivity index (χ3n) is 5.12. The average Bonchev–Trinajstić information content (AvgIpc) is 2.78. The second-order valence-electron chi connectivity index (χ2n) is 7.16. The quantitative estimate of drug-likeness (QED) is 0.372. The van der Waals surface area contributed by atoms with E-state index in [4.69, 9.17) is 4.74 Å². The summed E-state index contributed by atoms with van der Waals surface area (Å²) in [6.45, 7) is 1.99. The van der Waals surface area contributed by atoms with E-state index in [9.17, 15) is 4.79 Å². The fourth-order valence-electron chi connectivity index (χ4n) is 3.57. The van der Waals surface area contributed by atoms with Crippen molar-refractivity contribution in [2.45, 2.75) is 13.0 Å².